The van der Waals surface area contributed by atoms with E-state index in [-0.39, 0.29) is 5.56 Å². The van der Waals surface area contributed by atoms with E-state index in [9.17, 15) is 18.0 Å². The number of nitrogens with one attached hydrogen (secondary N) is 1. The van der Waals surface area contributed by atoms with Crippen LogP contribution in [0, 0.1) is 0 Å². The Morgan fingerprint density at radius 3 is 2.19 bits per heavy atom. The molecule has 0 spiro atoms. The molecule has 2 nitrogen and oxygen atoms in total. The molecular formula is C14H8Cl2F3NO. The molecule has 0 aliphatic carbocycles. The van der Waals surface area contributed by atoms with Crippen LogP contribution in [0.25, 0.3) is 0 Å². The van der Waals surface area contributed by atoms with E-state index in [1.807, 2.05) is 0 Å². The van der Waals surface area contributed by atoms with E-state index in [4.69, 9.17) is 23.2 Å². The first-order valence-corrected chi connectivity index (χ1v) is 6.48. The minimum Gasteiger partial charge on any atom is -0.322 e. The number of hydrogen-bond donors (Lipinski definition) is 1. The van der Waals surface area contributed by atoms with Crippen molar-refractivity contribution in [2.45, 2.75) is 6.18 Å². The third-order valence-electron chi connectivity index (χ3n) is 2.65. The van der Waals surface area contributed by atoms with Gasteiger partial charge in [0.1, 0.15) is 0 Å². The second kappa shape index (κ2) is 5.95. The van der Waals surface area contributed by atoms with Gasteiger partial charge in [0, 0.05) is 5.69 Å². The largest absolute Gasteiger partial charge is 0.419 e. The Morgan fingerprint density at radius 1 is 1.00 bits per heavy atom. The monoisotopic (exact) mass is 333 g/mol. The van der Waals surface area contributed by atoms with Crippen LogP contribution < -0.4 is 5.32 Å². The van der Waals surface area contributed by atoms with Gasteiger partial charge in [-0.05, 0) is 24.3 Å². The van der Waals surface area contributed by atoms with E-state index >= 15 is 0 Å². The first-order chi connectivity index (χ1) is 9.80. The summed E-state index contributed by atoms with van der Waals surface area (Å²) in [4.78, 5) is 12.0. The number of halogens is 5. The summed E-state index contributed by atoms with van der Waals surface area (Å²) >= 11 is 11.2. The lowest BCUT2D eigenvalue weighted by Gasteiger charge is -2.14. The van der Waals surface area contributed by atoms with Crippen LogP contribution in [0.2, 0.25) is 10.0 Å². The van der Waals surface area contributed by atoms with Gasteiger partial charge >= 0.3 is 6.18 Å². The zero-order valence-electron chi connectivity index (χ0n) is 10.3. The lowest BCUT2D eigenvalue weighted by molar-refractivity contribution is -0.137. The maximum absolute atomic E-state index is 12.9. The topological polar surface area (TPSA) is 29.1 Å². The first kappa shape index (κ1) is 15.7. The smallest absolute Gasteiger partial charge is 0.322 e. The third kappa shape index (κ3) is 3.49. The molecule has 0 aliphatic heterocycles. The molecule has 110 valence electrons. The van der Waals surface area contributed by atoms with Crippen molar-refractivity contribution in [3.05, 3.63) is 63.6 Å². The van der Waals surface area contributed by atoms with Crippen molar-refractivity contribution in [2.75, 3.05) is 5.32 Å². The van der Waals surface area contributed by atoms with Gasteiger partial charge in [-0.1, -0.05) is 41.4 Å². The Labute approximate surface area is 128 Å². The molecule has 0 aliphatic rings. The average Bonchev–Trinajstić information content (AvgIpc) is 2.38. The van der Waals surface area contributed by atoms with Gasteiger partial charge in [-0.3, -0.25) is 4.79 Å². The van der Waals surface area contributed by atoms with Crippen LogP contribution in [0.5, 0.6) is 0 Å². The lowest BCUT2D eigenvalue weighted by Crippen LogP contribution is -2.15. The summed E-state index contributed by atoms with van der Waals surface area (Å²) in [5.74, 6) is -0.742. The Bertz CT molecular complexity index is 672. The summed E-state index contributed by atoms with van der Waals surface area (Å²) in [7, 11) is 0. The number of carbonyl (C=O) groups is 1. The van der Waals surface area contributed by atoms with Crippen molar-refractivity contribution < 1.29 is 18.0 Å². The summed E-state index contributed by atoms with van der Waals surface area (Å²) < 4.78 is 38.6. The highest BCUT2D eigenvalue weighted by Crippen LogP contribution is 2.41. The predicted molar refractivity (Wildman–Crippen MR) is 75.9 cm³/mol. The fourth-order valence-corrected chi connectivity index (χ4v) is 2.38. The SMILES string of the molecule is O=C(Nc1ccccc1)c1ccc(Cl)c(C(F)(F)F)c1Cl. The van der Waals surface area contributed by atoms with Crippen LogP contribution in [0.3, 0.4) is 0 Å². The zero-order chi connectivity index (χ0) is 15.6. The van der Waals surface area contributed by atoms with Crippen LogP contribution in [-0.2, 0) is 6.18 Å². The molecule has 1 N–H and O–H groups in total. The highest BCUT2D eigenvalue weighted by Gasteiger charge is 2.37. The standard InChI is InChI=1S/C14H8Cl2F3NO/c15-10-7-6-9(12(16)11(10)14(17,18)19)13(21)20-8-4-2-1-3-5-8/h1-7H,(H,20,21). The van der Waals surface area contributed by atoms with Crippen LogP contribution in [-0.4, -0.2) is 5.91 Å². The fourth-order valence-electron chi connectivity index (χ4n) is 1.71. The second-order valence-electron chi connectivity index (χ2n) is 4.10. The zero-order valence-corrected chi connectivity index (χ0v) is 11.9. The molecule has 2 aromatic rings. The predicted octanol–water partition coefficient (Wildman–Crippen LogP) is 5.26. The summed E-state index contributed by atoms with van der Waals surface area (Å²) in [6.45, 7) is 0. The van der Waals surface area contributed by atoms with Gasteiger partial charge < -0.3 is 5.32 Å². The lowest BCUT2D eigenvalue weighted by atomic mass is 10.1. The third-order valence-corrected chi connectivity index (χ3v) is 3.36. The molecule has 0 bridgehead atoms. The van der Waals surface area contributed by atoms with Crippen LogP contribution in [0.1, 0.15) is 15.9 Å². The number of hydrogen-bond acceptors (Lipinski definition) is 1. The average molecular weight is 334 g/mol. The molecule has 0 saturated heterocycles. The molecule has 2 aromatic carbocycles. The Balaban J connectivity index is 2.39. The summed E-state index contributed by atoms with van der Waals surface area (Å²) in [6, 6.07) is 10.5. The Morgan fingerprint density at radius 2 is 1.62 bits per heavy atom. The quantitative estimate of drug-likeness (QED) is 0.797. The number of alkyl halides is 3. The number of para-hydroxylation sites is 1. The maximum atomic E-state index is 12.9. The van der Waals surface area contributed by atoms with E-state index in [1.165, 1.54) is 0 Å². The minimum absolute atomic E-state index is 0.294. The number of carbonyl (C=O) groups excluding carboxylic acids is 1. The van der Waals surface area contributed by atoms with Crippen molar-refractivity contribution in [2.24, 2.45) is 0 Å². The molecule has 0 aromatic heterocycles. The van der Waals surface area contributed by atoms with Crippen molar-refractivity contribution in [3.8, 4) is 0 Å². The molecule has 7 heteroatoms. The molecule has 0 radical (unpaired) electrons. The molecule has 0 saturated carbocycles. The molecule has 0 fully saturated rings. The van der Waals surface area contributed by atoms with Crippen LogP contribution in [0.4, 0.5) is 18.9 Å². The van der Waals surface area contributed by atoms with Crippen LogP contribution in [0.15, 0.2) is 42.5 Å². The van der Waals surface area contributed by atoms with E-state index in [1.54, 1.807) is 30.3 Å². The number of benzene rings is 2. The van der Waals surface area contributed by atoms with E-state index < -0.39 is 27.7 Å². The minimum atomic E-state index is -4.74. The highest BCUT2D eigenvalue weighted by molar-refractivity contribution is 6.38. The summed E-state index contributed by atoms with van der Waals surface area (Å²) in [5.41, 5.74) is -1.06. The summed E-state index contributed by atoms with van der Waals surface area (Å²) in [5, 5.41) is 1.19. The number of rotatable bonds is 2. The molecular weight excluding hydrogens is 326 g/mol. The molecule has 21 heavy (non-hydrogen) atoms. The Hall–Kier alpha value is -1.72. The molecule has 0 unspecified atom stereocenters. The number of anilines is 1. The molecule has 2 rings (SSSR count). The van der Waals surface area contributed by atoms with Crippen molar-refractivity contribution >= 4 is 34.8 Å². The van der Waals surface area contributed by atoms with Gasteiger partial charge in [0.2, 0.25) is 0 Å². The van der Waals surface area contributed by atoms with Crippen molar-refractivity contribution in [1.29, 1.82) is 0 Å². The maximum Gasteiger partial charge on any atom is 0.419 e. The van der Waals surface area contributed by atoms with Gasteiger partial charge in [0.25, 0.3) is 5.91 Å². The highest BCUT2D eigenvalue weighted by atomic mass is 35.5. The fraction of sp³-hybridized carbons (Fsp3) is 0.0714. The summed E-state index contributed by atoms with van der Waals surface area (Å²) in [6.07, 6.45) is -4.74. The van der Waals surface area contributed by atoms with Gasteiger partial charge in [-0.2, -0.15) is 13.2 Å². The molecule has 1 amide bonds. The van der Waals surface area contributed by atoms with E-state index in [2.05, 4.69) is 5.32 Å². The molecule has 0 atom stereocenters. The van der Waals surface area contributed by atoms with Gasteiger partial charge in [0.05, 0.1) is 21.2 Å². The van der Waals surface area contributed by atoms with Crippen molar-refractivity contribution in [1.82, 2.24) is 0 Å². The van der Waals surface area contributed by atoms with Crippen molar-refractivity contribution in [3.63, 3.8) is 0 Å². The Kier molecular flexibility index (Phi) is 4.44. The van der Waals surface area contributed by atoms with Gasteiger partial charge in [-0.25, -0.2) is 0 Å². The van der Waals surface area contributed by atoms with Gasteiger partial charge in [-0.15, -0.1) is 0 Å². The molecule has 0 heterocycles. The second-order valence-corrected chi connectivity index (χ2v) is 4.89. The van der Waals surface area contributed by atoms with E-state index in [0.717, 1.165) is 12.1 Å². The normalized spacial score (nSPS) is 11.3. The first-order valence-electron chi connectivity index (χ1n) is 5.72. The number of amides is 1. The van der Waals surface area contributed by atoms with Crippen LogP contribution >= 0.6 is 23.2 Å². The van der Waals surface area contributed by atoms with E-state index in [0.29, 0.717) is 5.69 Å². The van der Waals surface area contributed by atoms with Gasteiger partial charge in [0.15, 0.2) is 0 Å².